The maximum Gasteiger partial charge on any atom is 0.228 e. The summed E-state index contributed by atoms with van der Waals surface area (Å²) in [6.07, 6.45) is 1.55. The Labute approximate surface area is 109 Å². The van der Waals surface area contributed by atoms with Crippen molar-refractivity contribution < 1.29 is 14.3 Å². The number of aryl methyl sites for hydroxylation is 1. The number of methoxy groups -OCH3 is 2. The number of thiophene rings is 1. The van der Waals surface area contributed by atoms with Crippen LogP contribution in [0.25, 0.3) is 0 Å². The number of hydrogen-bond donors (Lipinski definition) is 0. The molecule has 6 heteroatoms. The summed E-state index contributed by atoms with van der Waals surface area (Å²) in [4.78, 5) is 13.1. The molecule has 2 aromatic heterocycles. The maximum absolute atomic E-state index is 12.5. The van der Waals surface area contributed by atoms with Crippen molar-refractivity contribution in [3.63, 3.8) is 0 Å². The van der Waals surface area contributed by atoms with E-state index < -0.39 is 0 Å². The van der Waals surface area contributed by atoms with Crippen molar-refractivity contribution in [3.05, 3.63) is 28.2 Å². The Balaban J connectivity index is 2.48. The average molecular weight is 266 g/mol. The van der Waals surface area contributed by atoms with Crippen LogP contribution in [0.15, 0.2) is 17.6 Å². The summed E-state index contributed by atoms with van der Waals surface area (Å²) < 4.78 is 12.0. The van der Waals surface area contributed by atoms with Crippen LogP contribution in [0.3, 0.4) is 0 Å². The standard InChI is InChI=1S/C12H14N2O3S/c1-4-14-10(9(17-3)7-13-14)11(15)12-8(16-2)5-6-18-12/h5-7H,4H2,1-3H3. The predicted octanol–water partition coefficient (Wildman–Crippen LogP) is 2.21. The second-order valence-electron chi connectivity index (χ2n) is 3.52. The molecule has 0 saturated heterocycles. The Kier molecular flexibility index (Phi) is 3.66. The van der Waals surface area contributed by atoms with Crippen molar-refractivity contribution in [2.24, 2.45) is 0 Å². The van der Waals surface area contributed by atoms with E-state index in [1.807, 2.05) is 12.3 Å². The van der Waals surface area contributed by atoms with Gasteiger partial charge in [-0.05, 0) is 18.4 Å². The van der Waals surface area contributed by atoms with Gasteiger partial charge in [0.2, 0.25) is 5.78 Å². The second-order valence-corrected chi connectivity index (χ2v) is 4.44. The molecule has 0 aliphatic heterocycles. The fourth-order valence-electron chi connectivity index (χ4n) is 1.72. The first kappa shape index (κ1) is 12.6. The van der Waals surface area contributed by atoms with Gasteiger partial charge in [0.05, 0.1) is 20.4 Å². The largest absolute Gasteiger partial charge is 0.495 e. The first-order chi connectivity index (χ1) is 8.72. The molecule has 5 nitrogen and oxygen atoms in total. The van der Waals surface area contributed by atoms with E-state index in [2.05, 4.69) is 5.10 Å². The minimum atomic E-state index is -0.127. The van der Waals surface area contributed by atoms with Crippen molar-refractivity contribution in [3.8, 4) is 11.5 Å². The summed E-state index contributed by atoms with van der Waals surface area (Å²) in [7, 11) is 3.08. The molecule has 96 valence electrons. The fraction of sp³-hybridized carbons (Fsp3) is 0.333. The van der Waals surface area contributed by atoms with Gasteiger partial charge in [0.15, 0.2) is 11.4 Å². The highest BCUT2D eigenvalue weighted by Crippen LogP contribution is 2.30. The Bertz CT molecular complexity index is 538. The molecule has 0 N–H and O–H groups in total. The van der Waals surface area contributed by atoms with E-state index in [0.29, 0.717) is 28.6 Å². The summed E-state index contributed by atoms with van der Waals surface area (Å²) >= 11 is 1.35. The zero-order valence-corrected chi connectivity index (χ0v) is 11.3. The minimum Gasteiger partial charge on any atom is -0.495 e. The molecule has 0 aliphatic carbocycles. The third-order valence-corrected chi connectivity index (χ3v) is 3.49. The molecule has 0 atom stereocenters. The van der Waals surface area contributed by atoms with Crippen molar-refractivity contribution in [2.75, 3.05) is 14.2 Å². The third kappa shape index (κ3) is 1.99. The van der Waals surface area contributed by atoms with Crippen LogP contribution in [0.2, 0.25) is 0 Å². The van der Waals surface area contributed by atoms with E-state index in [0.717, 1.165) is 0 Å². The van der Waals surface area contributed by atoms with Gasteiger partial charge < -0.3 is 9.47 Å². The smallest absolute Gasteiger partial charge is 0.228 e. The monoisotopic (exact) mass is 266 g/mol. The van der Waals surface area contributed by atoms with Crippen LogP contribution in [0.5, 0.6) is 11.5 Å². The Morgan fingerprint density at radius 3 is 2.72 bits per heavy atom. The molecule has 0 fully saturated rings. The second kappa shape index (κ2) is 5.22. The van der Waals surface area contributed by atoms with Gasteiger partial charge in [-0.3, -0.25) is 9.48 Å². The van der Waals surface area contributed by atoms with Gasteiger partial charge in [-0.1, -0.05) is 0 Å². The van der Waals surface area contributed by atoms with Gasteiger partial charge in [-0.2, -0.15) is 5.10 Å². The molecule has 0 unspecified atom stereocenters. The molecule has 0 spiro atoms. The lowest BCUT2D eigenvalue weighted by molar-refractivity contribution is 0.102. The quantitative estimate of drug-likeness (QED) is 0.779. The van der Waals surface area contributed by atoms with E-state index in [1.54, 1.807) is 24.1 Å². The highest BCUT2D eigenvalue weighted by Gasteiger charge is 2.24. The van der Waals surface area contributed by atoms with Gasteiger partial charge in [0.25, 0.3) is 0 Å². The molecule has 2 heterocycles. The van der Waals surface area contributed by atoms with Crippen molar-refractivity contribution in [2.45, 2.75) is 13.5 Å². The number of ketones is 1. The summed E-state index contributed by atoms with van der Waals surface area (Å²) in [5.41, 5.74) is 0.459. The topological polar surface area (TPSA) is 53.4 Å². The first-order valence-electron chi connectivity index (χ1n) is 5.48. The van der Waals surface area contributed by atoms with E-state index in [4.69, 9.17) is 9.47 Å². The lowest BCUT2D eigenvalue weighted by Gasteiger charge is -2.06. The molecule has 18 heavy (non-hydrogen) atoms. The van der Waals surface area contributed by atoms with Crippen LogP contribution < -0.4 is 9.47 Å². The summed E-state index contributed by atoms with van der Waals surface area (Å²) in [6, 6.07) is 1.77. The van der Waals surface area contributed by atoms with Crippen molar-refractivity contribution in [1.82, 2.24) is 9.78 Å². The first-order valence-corrected chi connectivity index (χ1v) is 6.36. The van der Waals surface area contributed by atoms with Gasteiger partial charge >= 0.3 is 0 Å². The number of hydrogen-bond acceptors (Lipinski definition) is 5. The van der Waals surface area contributed by atoms with Crippen LogP contribution >= 0.6 is 11.3 Å². The molecule has 0 radical (unpaired) electrons. The maximum atomic E-state index is 12.5. The minimum absolute atomic E-state index is 0.127. The number of carbonyl (C=O) groups excluding carboxylic acids is 1. The van der Waals surface area contributed by atoms with Crippen LogP contribution in [0.4, 0.5) is 0 Å². The normalized spacial score (nSPS) is 10.4. The van der Waals surface area contributed by atoms with E-state index in [1.165, 1.54) is 18.4 Å². The van der Waals surface area contributed by atoms with Crippen LogP contribution in [0, 0.1) is 0 Å². The number of ether oxygens (including phenoxy) is 2. The van der Waals surface area contributed by atoms with Crippen molar-refractivity contribution >= 4 is 17.1 Å². The predicted molar refractivity (Wildman–Crippen MR) is 68.8 cm³/mol. The molecule has 0 aliphatic rings. The summed E-state index contributed by atoms with van der Waals surface area (Å²) in [5, 5.41) is 5.95. The molecule has 0 amide bonds. The van der Waals surface area contributed by atoms with Crippen LogP contribution in [0.1, 0.15) is 22.3 Å². The SMILES string of the molecule is CCn1ncc(OC)c1C(=O)c1sccc1OC. The molecule has 0 aromatic carbocycles. The highest BCUT2D eigenvalue weighted by atomic mass is 32.1. The zero-order chi connectivity index (χ0) is 13.1. The van der Waals surface area contributed by atoms with Crippen LogP contribution in [-0.4, -0.2) is 29.8 Å². The third-order valence-electron chi connectivity index (χ3n) is 2.60. The summed E-state index contributed by atoms with van der Waals surface area (Å²) in [5.74, 6) is 0.936. The fourth-order valence-corrected chi connectivity index (χ4v) is 2.52. The average Bonchev–Trinajstić information content (AvgIpc) is 3.03. The zero-order valence-electron chi connectivity index (χ0n) is 10.5. The van der Waals surface area contributed by atoms with Gasteiger partial charge in [-0.15, -0.1) is 11.3 Å². The molecule has 0 saturated carbocycles. The Morgan fingerprint density at radius 1 is 1.39 bits per heavy atom. The van der Waals surface area contributed by atoms with Crippen molar-refractivity contribution in [1.29, 1.82) is 0 Å². The lowest BCUT2D eigenvalue weighted by Crippen LogP contribution is -2.11. The van der Waals surface area contributed by atoms with Gasteiger partial charge in [-0.25, -0.2) is 0 Å². The molecule has 2 aromatic rings. The van der Waals surface area contributed by atoms with E-state index in [9.17, 15) is 4.79 Å². The van der Waals surface area contributed by atoms with Gasteiger partial charge in [0, 0.05) is 6.54 Å². The Hall–Kier alpha value is -1.82. The lowest BCUT2D eigenvalue weighted by atomic mass is 10.2. The Morgan fingerprint density at radius 2 is 2.11 bits per heavy atom. The number of aromatic nitrogens is 2. The summed E-state index contributed by atoms with van der Waals surface area (Å²) in [6.45, 7) is 2.53. The number of rotatable bonds is 5. The highest BCUT2D eigenvalue weighted by molar-refractivity contribution is 7.12. The van der Waals surface area contributed by atoms with Crippen LogP contribution in [-0.2, 0) is 6.54 Å². The molecule has 0 bridgehead atoms. The van der Waals surface area contributed by atoms with E-state index in [-0.39, 0.29) is 5.78 Å². The molecule has 2 rings (SSSR count). The number of nitrogens with zero attached hydrogens (tertiary/aromatic N) is 2. The van der Waals surface area contributed by atoms with E-state index >= 15 is 0 Å². The van der Waals surface area contributed by atoms with Gasteiger partial charge in [0.1, 0.15) is 10.6 Å². The molecular formula is C12H14N2O3S. The number of carbonyl (C=O) groups is 1. The molecular weight excluding hydrogens is 252 g/mol.